The Labute approximate surface area is 88.5 Å². The first kappa shape index (κ1) is 9.54. The molecule has 1 aromatic heterocycles. The Hall–Kier alpha value is -2.01. The molecular weight excluding hydrogens is 186 g/mol. The second-order valence-corrected chi connectivity index (χ2v) is 3.37. The summed E-state index contributed by atoms with van der Waals surface area (Å²) in [5.41, 5.74) is 2.14. The van der Waals surface area contributed by atoms with Crippen molar-refractivity contribution < 1.29 is 4.79 Å². The molecule has 0 spiro atoms. The van der Waals surface area contributed by atoms with Gasteiger partial charge in [-0.2, -0.15) is 0 Å². The molecule has 2 aromatic rings. The number of carbonyl (C=O) groups excluding carboxylic acids is 1. The minimum atomic E-state index is 0.298. The van der Waals surface area contributed by atoms with Gasteiger partial charge in [0.25, 0.3) is 0 Å². The summed E-state index contributed by atoms with van der Waals surface area (Å²) in [7, 11) is 2.01. The van der Waals surface area contributed by atoms with Crippen LogP contribution in [0.2, 0.25) is 0 Å². The number of aromatic nitrogens is 1. The first-order valence-electron chi connectivity index (χ1n) is 4.79. The fraction of sp³-hybridized carbons (Fsp3) is 0.154. The first-order chi connectivity index (χ1) is 7.31. The Morgan fingerprint density at radius 3 is 3.07 bits per heavy atom. The van der Waals surface area contributed by atoms with Crippen molar-refractivity contribution >= 4 is 17.2 Å². The number of hydrogen-bond donors (Lipinski definition) is 0. The van der Waals surface area contributed by atoms with E-state index in [1.165, 1.54) is 10.9 Å². The summed E-state index contributed by atoms with van der Waals surface area (Å²) in [6.07, 6.45) is 3.13. The third-order valence-electron chi connectivity index (χ3n) is 2.30. The monoisotopic (exact) mass is 197 g/mol. The molecule has 0 N–H and O–H groups in total. The summed E-state index contributed by atoms with van der Waals surface area (Å²) in [6, 6.07) is 8.10. The number of hydrogen-bond acceptors (Lipinski definition) is 1. The van der Waals surface area contributed by atoms with Crippen LogP contribution >= 0.6 is 0 Å². The van der Waals surface area contributed by atoms with Crippen molar-refractivity contribution in [3.05, 3.63) is 36.0 Å². The molecule has 0 saturated carbocycles. The van der Waals surface area contributed by atoms with Gasteiger partial charge in [-0.1, -0.05) is 11.8 Å². The summed E-state index contributed by atoms with van der Waals surface area (Å²) >= 11 is 0. The Morgan fingerprint density at radius 1 is 1.40 bits per heavy atom. The molecule has 0 fully saturated rings. The van der Waals surface area contributed by atoms with Gasteiger partial charge in [-0.3, -0.25) is 0 Å². The first-order valence-corrected chi connectivity index (χ1v) is 4.79. The maximum Gasteiger partial charge on any atom is 0.131 e. The van der Waals surface area contributed by atoms with Crippen LogP contribution in [0.25, 0.3) is 10.9 Å². The molecule has 74 valence electrons. The predicted octanol–water partition coefficient (Wildman–Crippen LogP) is 2.12. The zero-order valence-electron chi connectivity index (χ0n) is 8.53. The third kappa shape index (κ3) is 1.92. The molecule has 2 rings (SSSR count). The molecule has 2 nitrogen and oxygen atoms in total. The van der Waals surface area contributed by atoms with Crippen molar-refractivity contribution in [3.63, 3.8) is 0 Å². The molecule has 1 heterocycles. The average molecular weight is 197 g/mol. The third-order valence-corrected chi connectivity index (χ3v) is 2.30. The number of aldehydes is 1. The predicted molar refractivity (Wildman–Crippen MR) is 60.5 cm³/mol. The quantitative estimate of drug-likeness (QED) is 0.507. The fourth-order valence-electron chi connectivity index (χ4n) is 1.55. The van der Waals surface area contributed by atoms with E-state index in [2.05, 4.69) is 22.5 Å². The summed E-state index contributed by atoms with van der Waals surface area (Å²) in [5, 5.41) is 1.18. The van der Waals surface area contributed by atoms with E-state index in [9.17, 15) is 4.79 Å². The number of fused-ring (bicyclic) bond motifs is 1. The zero-order chi connectivity index (χ0) is 10.7. The highest BCUT2D eigenvalue weighted by Crippen LogP contribution is 2.15. The van der Waals surface area contributed by atoms with Gasteiger partial charge in [0.2, 0.25) is 0 Å². The van der Waals surface area contributed by atoms with E-state index in [4.69, 9.17) is 0 Å². The minimum absolute atomic E-state index is 0.298. The lowest BCUT2D eigenvalue weighted by Crippen LogP contribution is -1.83. The smallest absolute Gasteiger partial charge is 0.131 e. The number of carbonyl (C=O) groups is 1. The number of benzene rings is 1. The van der Waals surface area contributed by atoms with E-state index < -0.39 is 0 Å². The normalized spacial score (nSPS) is 9.67. The molecular formula is C13H11NO. The molecule has 0 amide bonds. The van der Waals surface area contributed by atoms with Gasteiger partial charge < -0.3 is 9.36 Å². The lowest BCUT2D eigenvalue weighted by Gasteiger charge is -1.95. The van der Waals surface area contributed by atoms with Gasteiger partial charge in [0, 0.05) is 29.7 Å². The summed E-state index contributed by atoms with van der Waals surface area (Å²) < 4.78 is 2.07. The van der Waals surface area contributed by atoms with Crippen LogP contribution in [0, 0.1) is 11.8 Å². The summed E-state index contributed by atoms with van der Waals surface area (Å²) in [4.78, 5) is 10.1. The van der Waals surface area contributed by atoms with Crippen LogP contribution in [-0.2, 0) is 11.8 Å². The van der Waals surface area contributed by atoms with E-state index in [1.807, 2.05) is 31.4 Å². The standard InChI is InChI=1S/C13H11NO/c1-14-8-7-12-10-11(4-2-3-9-15)5-6-13(12)14/h5-10H,3H2,1H3. The van der Waals surface area contributed by atoms with Crippen LogP contribution in [0.5, 0.6) is 0 Å². The zero-order valence-corrected chi connectivity index (χ0v) is 8.53. The molecule has 0 bridgehead atoms. The minimum Gasteiger partial charge on any atom is -0.351 e. The van der Waals surface area contributed by atoms with Crippen LogP contribution in [0.15, 0.2) is 30.5 Å². The van der Waals surface area contributed by atoms with Crippen molar-refractivity contribution in [1.82, 2.24) is 4.57 Å². The van der Waals surface area contributed by atoms with E-state index in [0.29, 0.717) is 6.42 Å². The van der Waals surface area contributed by atoms with Crippen LogP contribution in [0.3, 0.4) is 0 Å². The molecule has 15 heavy (non-hydrogen) atoms. The highest BCUT2D eigenvalue weighted by Gasteiger charge is 1.97. The molecule has 0 aliphatic rings. The van der Waals surface area contributed by atoms with E-state index in [1.54, 1.807) is 0 Å². The van der Waals surface area contributed by atoms with Gasteiger partial charge in [-0.25, -0.2) is 0 Å². The van der Waals surface area contributed by atoms with E-state index >= 15 is 0 Å². The second kappa shape index (κ2) is 4.02. The van der Waals surface area contributed by atoms with Crippen molar-refractivity contribution in [2.75, 3.05) is 0 Å². The number of aryl methyl sites for hydroxylation is 1. The van der Waals surface area contributed by atoms with Gasteiger partial charge in [-0.15, -0.1) is 0 Å². The molecule has 0 radical (unpaired) electrons. The van der Waals surface area contributed by atoms with Gasteiger partial charge >= 0.3 is 0 Å². The number of rotatable bonds is 1. The Morgan fingerprint density at radius 2 is 2.27 bits per heavy atom. The summed E-state index contributed by atoms with van der Waals surface area (Å²) in [6.45, 7) is 0. The van der Waals surface area contributed by atoms with Crippen LogP contribution in [0.1, 0.15) is 12.0 Å². The highest BCUT2D eigenvalue weighted by atomic mass is 16.1. The molecule has 1 aromatic carbocycles. The van der Waals surface area contributed by atoms with Gasteiger partial charge in [0.1, 0.15) is 6.29 Å². The second-order valence-electron chi connectivity index (χ2n) is 3.37. The van der Waals surface area contributed by atoms with Crippen molar-refractivity contribution in [3.8, 4) is 11.8 Å². The molecule has 0 aliphatic carbocycles. The fourth-order valence-corrected chi connectivity index (χ4v) is 1.55. The van der Waals surface area contributed by atoms with Crippen LogP contribution < -0.4 is 0 Å². The van der Waals surface area contributed by atoms with Crippen LogP contribution in [0.4, 0.5) is 0 Å². The Bertz CT molecular complexity index is 555. The number of nitrogens with zero attached hydrogens (tertiary/aromatic N) is 1. The Balaban J connectivity index is 2.40. The molecule has 0 unspecified atom stereocenters. The van der Waals surface area contributed by atoms with Crippen LogP contribution in [-0.4, -0.2) is 10.9 Å². The molecule has 0 atom stereocenters. The maximum absolute atomic E-state index is 10.1. The molecule has 0 saturated heterocycles. The highest BCUT2D eigenvalue weighted by molar-refractivity contribution is 5.81. The van der Waals surface area contributed by atoms with Crippen molar-refractivity contribution in [1.29, 1.82) is 0 Å². The molecule has 2 heteroatoms. The Kier molecular flexibility index (Phi) is 2.55. The van der Waals surface area contributed by atoms with E-state index in [0.717, 1.165) is 11.8 Å². The van der Waals surface area contributed by atoms with E-state index in [-0.39, 0.29) is 0 Å². The van der Waals surface area contributed by atoms with Gasteiger partial charge in [-0.05, 0) is 24.3 Å². The SMILES string of the molecule is Cn1ccc2cc(C#CCC=O)ccc21. The van der Waals surface area contributed by atoms with Crippen molar-refractivity contribution in [2.45, 2.75) is 6.42 Å². The lowest BCUT2D eigenvalue weighted by molar-refractivity contribution is -0.107. The molecule has 0 aliphatic heterocycles. The van der Waals surface area contributed by atoms with Gasteiger partial charge in [0.05, 0.1) is 6.42 Å². The van der Waals surface area contributed by atoms with Crippen molar-refractivity contribution in [2.24, 2.45) is 7.05 Å². The average Bonchev–Trinajstić information content (AvgIpc) is 2.61. The topological polar surface area (TPSA) is 22.0 Å². The van der Waals surface area contributed by atoms with Gasteiger partial charge in [0.15, 0.2) is 0 Å². The largest absolute Gasteiger partial charge is 0.351 e. The summed E-state index contributed by atoms with van der Waals surface area (Å²) in [5.74, 6) is 5.75. The maximum atomic E-state index is 10.1. The lowest BCUT2D eigenvalue weighted by atomic mass is 10.1.